The van der Waals surface area contributed by atoms with Gasteiger partial charge in [0.25, 0.3) is 0 Å². The van der Waals surface area contributed by atoms with Gasteiger partial charge in [0.2, 0.25) is 112 Å². The Bertz CT molecular complexity index is 5080. The number of carboxylic acids is 1. The fraction of sp³-hybridized carbons (Fsp3) is 0.552. The first-order chi connectivity index (χ1) is 69.2. The minimum atomic E-state index is -1.88. The molecule has 19 amide bonds. The number of amides is 19. The summed E-state index contributed by atoms with van der Waals surface area (Å²) in [5.74, 6) is -20.4. The largest absolute Gasteiger partial charge is 0.480 e. The second kappa shape index (κ2) is 62.8. The van der Waals surface area contributed by atoms with Gasteiger partial charge in [0, 0.05) is 75.8 Å². The third-order valence-corrected chi connectivity index (χ3v) is 22.5. The van der Waals surface area contributed by atoms with Gasteiger partial charge in [-0.25, -0.2) is 4.79 Å². The number of aromatic nitrogens is 1. The topological polar surface area (TPSA) is 964 Å². The molecule has 14 atom stereocenters. The van der Waals surface area contributed by atoms with Crippen molar-refractivity contribution in [2.75, 3.05) is 98.2 Å². The fourth-order valence-electron chi connectivity index (χ4n) is 14.9. The van der Waals surface area contributed by atoms with Crippen LogP contribution in [0.25, 0.3) is 10.9 Å². The average molecular weight is 2060 g/mol. The monoisotopic (exact) mass is 2060 g/mol. The summed E-state index contributed by atoms with van der Waals surface area (Å²) in [5, 5.41) is 122. The van der Waals surface area contributed by atoms with Gasteiger partial charge < -0.3 is 181 Å². The van der Waals surface area contributed by atoms with Crippen molar-refractivity contribution in [2.45, 2.75) is 208 Å². The molecule has 2 aliphatic heterocycles. The number of rotatable bonds is 63. The number of nitrogens with zero attached hydrogens (tertiary/aromatic N) is 2. The molecule has 43 N–H and O–H groups in total. The fourth-order valence-corrected chi connectivity index (χ4v) is 14.9. The molecule has 0 unspecified atom stereocenters. The molecular formula is C87H138N36O23. The molecule has 2 aromatic carbocycles. The first-order valence-electron chi connectivity index (χ1n) is 47.0. The van der Waals surface area contributed by atoms with E-state index in [-0.39, 0.29) is 166 Å². The van der Waals surface area contributed by atoms with Crippen molar-refractivity contribution in [3.8, 4) is 0 Å². The first-order valence-corrected chi connectivity index (χ1v) is 47.0. The van der Waals surface area contributed by atoms with E-state index in [0.29, 0.717) is 17.5 Å². The third kappa shape index (κ3) is 44.4. The number of benzene rings is 2. The van der Waals surface area contributed by atoms with E-state index in [2.05, 4.69) is 122 Å². The molecule has 804 valence electrons. The highest BCUT2D eigenvalue weighted by Crippen LogP contribution is 2.24. The van der Waals surface area contributed by atoms with E-state index in [9.17, 15) is 106 Å². The summed E-state index contributed by atoms with van der Waals surface area (Å²) in [4.78, 5) is 275. The Kier molecular flexibility index (Phi) is 51.7. The van der Waals surface area contributed by atoms with Gasteiger partial charge >= 0.3 is 5.97 Å². The number of aliphatic hydroxyl groups is 2. The number of hydrogen-bond donors (Lipinski definition) is 37. The van der Waals surface area contributed by atoms with Gasteiger partial charge in [0.15, 0.2) is 29.8 Å². The van der Waals surface area contributed by atoms with Crippen molar-refractivity contribution >= 4 is 159 Å². The smallest absolute Gasteiger partial charge is 0.326 e. The number of nitrogens with two attached hydrogens (primary N) is 6. The van der Waals surface area contributed by atoms with E-state index in [0.717, 1.165) is 29.7 Å². The molecule has 146 heavy (non-hydrogen) atoms. The minimum absolute atomic E-state index is 0.00772. The standard InChI is InChI=1S/C87H138N36O23/c1-45(113-77(140)60-26-15-33-123(60)81(144)58(34-48-16-5-4-6-17-48)119-74(137)54(22-11-29-101-85(93)94)115-75(138)57(35-49-36-104-52-20-8-7-18-50(49)52)118-72(135)51(88)19-9-27-99-83(89)90)71(134)116-55(23-12-30-102-86(95)96)80(143)122-32-14-25-59(122)76(139)111-44-68(133)120-70(47(3)125)79(142)121-69(46(2)124)78(141)112-42-66(131)109-40-64(129)107-38-62(127)105-37-61(126)106-39-63(128)108-41-65(130)110-43-67(132)114-53(21-10-28-100-84(91)92)73(136)117-56(82(145)146)24-13-31-103-87(97)98/h4-8,16-18,20,36,45-47,51,53-60,69-70,104,124-125H,9-15,19,21-35,37-44,88H2,1-3H3,(H,105,127)(H,106,126)(H,107,129)(H,108,128)(H,109,131)(H,110,130)(H,111,139)(H,112,141)(H,113,140)(H,114,132)(H,115,138)(H,116,134)(H,117,136)(H,118,135)(H,119,137)(H,120,133)(H,121,142)(H,145,146)(H4,89,90,99)(H4,91,92,100)(H4,93,94,101)(H4,95,96,102)(H4,97,98,103)/t45-,46+,47+,51-,53-,54-,55-,56-,57-,58-,59-,60-,69-,70-/m0/s1. The molecule has 0 spiro atoms. The van der Waals surface area contributed by atoms with Crippen LogP contribution in [-0.2, 0) is 109 Å². The van der Waals surface area contributed by atoms with Gasteiger partial charge in [0.05, 0.1) is 70.6 Å². The zero-order valence-corrected chi connectivity index (χ0v) is 81.1. The van der Waals surface area contributed by atoms with Crippen LogP contribution in [0.1, 0.15) is 122 Å². The van der Waals surface area contributed by atoms with Gasteiger partial charge in [-0.15, -0.1) is 0 Å². The van der Waals surface area contributed by atoms with Crippen LogP contribution in [0.5, 0.6) is 0 Å². The molecule has 3 heterocycles. The summed E-state index contributed by atoms with van der Waals surface area (Å²) in [6.45, 7) is -2.09. The maximum Gasteiger partial charge on any atom is 0.326 e. The zero-order chi connectivity index (χ0) is 108. The van der Waals surface area contributed by atoms with Gasteiger partial charge in [0.1, 0.15) is 66.5 Å². The van der Waals surface area contributed by atoms with Crippen LogP contribution in [0.15, 0.2) is 60.8 Å². The maximum atomic E-state index is 15.1. The Morgan fingerprint density at radius 2 is 0.726 bits per heavy atom. The van der Waals surface area contributed by atoms with Crippen molar-refractivity contribution in [3.05, 3.63) is 71.9 Å². The average Bonchev–Trinajstić information content (AvgIpc) is 1.80. The minimum Gasteiger partial charge on any atom is -0.480 e. The number of fused-ring (bicyclic) bond motifs is 1. The third-order valence-electron chi connectivity index (χ3n) is 22.5. The second-order valence-corrected chi connectivity index (χ2v) is 34.3. The van der Waals surface area contributed by atoms with Crippen LogP contribution in [0, 0.1) is 27.0 Å². The molecule has 3 aromatic rings. The number of carbonyl (C=O) groups excluding carboxylic acids is 19. The lowest BCUT2D eigenvalue weighted by Gasteiger charge is -2.31. The number of carbonyl (C=O) groups is 20. The van der Waals surface area contributed by atoms with Crippen molar-refractivity contribution in [2.24, 2.45) is 34.4 Å². The van der Waals surface area contributed by atoms with E-state index in [1.807, 2.05) is 18.2 Å². The first kappa shape index (κ1) is 120. The molecule has 0 radical (unpaired) electrons. The lowest BCUT2D eigenvalue weighted by atomic mass is 10.0. The highest BCUT2D eigenvalue weighted by atomic mass is 16.4. The van der Waals surface area contributed by atoms with E-state index in [1.54, 1.807) is 42.6 Å². The highest BCUT2D eigenvalue weighted by Gasteiger charge is 2.43. The van der Waals surface area contributed by atoms with Gasteiger partial charge in [-0.1, -0.05) is 48.5 Å². The zero-order valence-electron chi connectivity index (χ0n) is 81.1. The number of aromatic amines is 1. The van der Waals surface area contributed by atoms with E-state index in [4.69, 9.17) is 61.4 Å². The Morgan fingerprint density at radius 1 is 0.363 bits per heavy atom. The Morgan fingerprint density at radius 3 is 1.19 bits per heavy atom. The normalized spacial score (nSPS) is 15.4. The Balaban J connectivity index is 1.10. The van der Waals surface area contributed by atoms with Crippen LogP contribution in [-0.4, -0.2) is 361 Å². The lowest BCUT2D eigenvalue weighted by molar-refractivity contribution is -0.143. The molecule has 1 aromatic heterocycles. The summed E-state index contributed by atoms with van der Waals surface area (Å²) >= 11 is 0. The number of likely N-dealkylation sites (tertiary alicyclic amines) is 2. The number of guanidine groups is 5. The predicted molar refractivity (Wildman–Crippen MR) is 523 cm³/mol. The summed E-state index contributed by atoms with van der Waals surface area (Å²) in [7, 11) is 0. The SMILES string of the molecule is C[C@H](NC(=O)[C@@H]1CCCN1C(=O)[C@H](Cc1ccccc1)NC(=O)[C@H](CCCNC(=N)N)NC(=O)[C@H](Cc1c[nH]c2ccccc12)NC(=O)[C@@H](N)CCCNC(=N)N)C(=O)N[C@@H](CCCNC(=N)N)C(=O)N1CCC[C@H]1C(=O)NCC(=O)N[C@H](C(=O)N[C@H](C(=O)NCC(=O)NCC(=O)NCC(=O)NCC(=O)NCC(=O)NCC(=O)NCC(=O)N[C@@H](CCCNC(=N)N)C(=O)N[C@@H](CCCNC(=N)N)C(=O)O)[C@@H](C)O)[C@@H](C)O. The number of H-pyrrole nitrogens is 1. The van der Waals surface area contributed by atoms with Crippen LogP contribution in [0.4, 0.5) is 0 Å². The number of aliphatic hydroxyl groups excluding tert-OH is 2. The van der Waals surface area contributed by atoms with Crippen molar-refractivity contribution in [1.82, 2.24) is 132 Å². The van der Waals surface area contributed by atoms with Gasteiger partial charge in [-0.05, 0) is 128 Å². The van der Waals surface area contributed by atoms with Crippen LogP contribution in [0.3, 0.4) is 0 Å². The molecule has 0 saturated carbocycles. The van der Waals surface area contributed by atoms with E-state index in [1.165, 1.54) is 11.8 Å². The molecule has 0 bridgehead atoms. The van der Waals surface area contributed by atoms with Crippen molar-refractivity contribution in [1.29, 1.82) is 27.0 Å². The van der Waals surface area contributed by atoms with Crippen molar-refractivity contribution < 1.29 is 111 Å². The second-order valence-electron chi connectivity index (χ2n) is 34.3. The molecule has 0 aliphatic carbocycles. The number of nitrogens with one attached hydrogen (secondary N) is 28. The van der Waals surface area contributed by atoms with E-state index < -0.39 is 261 Å². The number of hydrogen-bond acceptors (Lipinski definition) is 28. The molecule has 5 rings (SSSR count). The van der Waals surface area contributed by atoms with Crippen LogP contribution >= 0.6 is 0 Å². The summed E-state index contributed by atoms with van der Waals surface area (Å²) < 4.78 is 0. The maximum absolute atomic E-state index is 15.1. The summed E-state index contributed by atoms with van der Waals surface area (Å²) in [5.41, 5.74) is 35.3. The number of para-hydroxylation sites is 1. The summed E-state index contributed by atoms with van der Waals surface area (Å²) in [6, 6.07) is -1.20. The van der Waals surface area contributed by atoms with Gasteiger partial charge in [-0.3, -0.25) is 118 Å². The van der Waals surface area contributed by atoms with Gasteiger partial charge in [-0.2, -0.15) is 0 Å². The molecule has 2 aliphatic rings. The van der Waals surface area contributed by atoms with E-state index >= 15 is 4.79 Å². The van der Waals surface area contributed by atoms with Crippen LogP contribution in [0.2, 0.25) is 0 Å². The molecule has 59 nitrogen and oxygen atoms in total. The van der Waals surface area contributed by atoms with Crippen molar-refractivity contribution in [3.63, 3.8) is 0 Å². The number of aliphatic carboxylic acids is 1. The molecular weight excluding hydrogens is 1920 g/mol. The molecule has 59 heteroatoms. The molecule has 2 saturated heterocycles. The number of carboxylic acid groups (broad SMARTS) is 1. The summed E-state index contributed by atoms with van der Waals surface area (Å²) in [6.07, 6.45) is -0.605. The highest BCUT2D eigenvalue weighted by molar-refractivity contribution is 6.01. The quantitative estimate of drug-likeness (QED) is 0.0142. The predicted octanol–water partition coefficient (Wildman–Crippen LogP) is -14.3. The molecule has 2 fully saturated rings. The Labute approximate surface area is 838 Å². The lowest BCUT2D eigenvalue weighted by Crippen LogP contribution is -2.61. The van der Waals surface area contributed by atoms with Crippen LogP contribution < -0.4 is 151 Å². The Hall–Kier alpha value is -16.4.